The molecule has 7 N–H and O–H groups in total. The number of thiazole rings is 1. The van der Waals surface area contributed by atoms with Crippen LogP contribution in [-0.2, 0) is 48.0 Å². The van der Waals surface area contributed by atoms with Crippen molar-refractivity contribution in [2.75, 3.05) is 59.4 Å². The van der Waals surface area contributed by atoms with Crippen molar-refractivity contribution >= 4 is 34.4 Å². The summed E-state index contributed by atoms with van der Waals surface area (Å²) in [6.45, 7) is 10.3. The second-order valence-corrected chi connectivity index (χ2v) is 17.6. The molecule has 3 aromatic heterocycles. The number of nitrogens with zero attached hydrogens (tertiary/aromatic N) is 5. The maximum atomic E-state index is 14.0. The first-order chi connectivity index (χ1) is 32.5. The van der Waals surface area contributed by atoms with Crippen molar-refractivity contribution in [3.63, 3.8) is 0 Å². The van der Waals surface area contributed by atoms with Crippen LogP contribution in [0.1, 0.15) is 66.4 Å². The van der Waals surface area contributed by atoms with E-state index in [9.17, 15) is 19.8 Å². The third-order valence-corrected chi connectivity index (χ3v) is 12.4. The average Bonchev–Trinajstić information content (AvgIpc) is 4.16. The zero-order valence-electron chi connectivity index (χ0n) is 38.2. The van der Waals surface area contributed by atoms with Crippen molar-refractivity contribution in [1.29, 1.82) is 0 Å². The van der Waals surface area contributed by atoms with Crippen molar-refractivity contribution in [3.8, 4) is 16.2 Å². The van der Waals surface area contributed by atoms with Gasteiger partial charge in [0.15, 0.2) is 0 Å². The Kier molecular flexibility index (Phi) is 17.6. The van der Waals surface area contributed by atoms with Crippen LogP contribution in [0.4, 0.5) is 0 Å². The van der Waals surface area contributed by atoms with Gasteiger partial charge in [-0.15, -0.1) is 11.3 Å². The number of aromatic hydroxyl groups is 1. The molecule has 2 aromatic carbocycles. The molecule has 2 amide bonds. The van der Waals surface area contributed by atoms with E-state index in [1.807, 2.05) is 81.0 Å². The van der Waals surface area contributed by atoms with Gasteiger partial charge < -0.3 is 49.6 Å². The number of hydrazine groups is 1. The van der Waals surface area contributed by atoms with Crippen LogP contribution in [0.15, 0.2) is 88.9 Å². The number of aliphatic hydroxyl groups excluding tert-OH is 1. The molecule has 1 saturated heterocycles. The Labute approximate surface area is 394 Å². The number of para-hydroxylation sites is 1. The summed E-state index contributed by atoms with van der Waals surface area (Å²) >= 11 is 1.59. The summed E-state index contributed by atoms with van der Waals surface area (Å²) in [5, 5.41) is 32.5. The Morgan fingerprint density at radius 2 is 1.69 bits per heavy atom. The number of benzene rings is 2. The summed E-state index contributed by atoms with van der Waals surface area (Å²) in [5.74, 6) is -0.327. The van der Waals surface area contributed by atoms with Gasteiger partial charge in [-0.2, -0.15) is 5.10 Å². The predicted molar refractivity (Wildman–Crippen MR) is 252 cm³/mol. The largest absolute Gasteiger partial charge is 0.507 e. The molecule has 0 aliphatic carbocycles. The summed E-state index contributed by atoms with van der Waals surface area (Å²) in [7, 11) is 0. The summed E-state index contributed by atoms with van der Waals surface area (Å²) in [6, 6.07) is 16.0. The number of ether oxygens (including phenoxy) is 4. The van der Waals surface area contributed by atoms with E-state index in [4.69, 9.17) is 29.2 Å². The number of aryl methyl sites for hydroxylation is 2. The molecule has 18 nitrogen and oxygen atoms in total. The van der Waals surface area contributed by atoms with Crippen LogP contribution in [0.3, 0.4) is 0 Å². The lowest BCUT2D eigenvalue weighted by Crippen LogP contribution is -2.48. The number of nitrogens with two attached hydrogens (primary N) is 1. The van der Waals surface area contributed by atoms with Gasteiger partial charge in [-0.3, -0.25) is 25.1 Å². The van der Waals surface area contributed by atoms with Crippen LogP contribution in [0.5, 0.6) is 5.75 Å². The number of allylic oxidation sites excluding steroid dienone is 2. The molecule has 3 atom stereocenters. The van der Waals surface area contributed by atoms with Crippen LogP contribution >= 0.6 is 11.3 Å². The first-order valence-corrected chi connectivity index (χ1v) is 23.5. The number of phenols is 1. The van der Waals surface area contributed by atoms with Crippen molar-refractivity contribution < 1.29 is 43.3 Å². The molecular formula is C48H61N9O9S. The number of β-amino-alcohol motifs (C(OH)–C–C–N with tert-alkyl or cyclic N) is 1. The lowest BCUT2D eigenvalue weighted by atomic mass is 9.91. The third-order valence-electron chi connectivity index (χ3n) is 11.5. The molecule has 358 valence electrons. The number of hydrogen-bond acceptors (Lipinski definition) is 16. The quantitative estimate of drug-likeness (QED) is 0.0443. The fraction of sp³-hybridized carbons (Fsp3) is 0.438. The Balaban J connectivity index is 0.727. The lowest BCUT2D eigenvalue weighted by molar-refractivity contribution is -0.141. The van der Waals surface area contributed by atoms with Gasteiger partial charge >= 0.3 is 0 Å². The summed E-state index contributed by atoms with van der Waals surface area (Å²) in [6.07, 6.45) is 6.17. The first kappa shape index (κ1) is 48.8. The Morgan fingerprint density at radius 1 is 0.970 bits per heavy atom. The normalized spacial score (nSPS) is 16.6. The van der Waals surface area contributed by atoms with Crippen molar-refractivity contribution in [2.45, 2.75) is 71.2 Å². The Morgan fingerprint density at radius 3 is 2.39 bits per heavy atom. The summed E-state index contributed by atoms with van der Waals surface area (Å²) < 4.78 is 30.2. The Bertz CT molecular complexity index is 2450. The van der Waals surface area contributed by atoms with Gasteiger partial charge in [0.25, 0.3) is 0 Å². The minimum absolute atomic E-state index is 0.0707. The van der Waals surface area contributed by atoms with Crippen LogP contribution in [0.2, 0.25) is 0 Å². The molecule has 0 saturated carbocycles. The smallest absolute Gasteiger partial charge is 0.243 e. The molecule has 0 unspecified atom stereocenters. The van der Waals surface area contributed by atoms with E-state index in [1.165, 1.54) is 4.90 Å². The standard InChI is InChI=1S/C48H61N9O9S/c1-31(2)44(48(61)57-29-37(58)24-41(57)47(60)50-26-33-10-12-34(13-11-33)45-32(3)51-30-67-45)43-23-36(55-66-43)7-6-15-62-17-19-64-21-22-65-20-18-63-16-14-56-28-35(27-52-56)39-25-40(53-54-46(39)49)38-8-4-5-9-42(38)59/h4-5,8-13,23,25,27-28,30-31,37,41,44,53-54,58-59H,6-7,14-22,24,26,29,49H2,1-3H3,(H,50,60)/t37-,41+,44+/m1/s1. The zero-order valence-corrected chi connectivity index (χ0v) is 39.0. The van der Waals surface area contributed by atoms with E-state index in [-0.39, 0.29) is 36.4 Å². The maximum absolute atomic E-state index is 14.0. The number of phenolic OH excluding ortho intramolecular Hbond substituents is 1. The predicted octanol–water partition coefficient (Wildman–Crippen LogP) is 4.50. The molecule has 5 heterocycles. The van der Waals surface area contributed by atoms with Crippen LogP contribution in [0, 0.1) is 12.8 Å². The number of rotatable bonds is 25. The summed E-state index contributed by atoms with van der Waals surface area (Å²) in [4.78, 5) is 34.4. The van der Waals surface area contributed by atoms with Gasteiger partial charge in [-0.05, 0) is 55.0 Å². The highest BCUT2D eigenvalue weighted by Crippen LogP contribution is 2.33. The van der Waals surface area contributed by atoms with Crippen LogP contribution < -0.4 is 21.9 Å². The van der Waals surface area contributed by atoms with Crippen molar-refractivity contribution in [1.82, 2.24) is 41.0 Å². The minimum atomic E-state index is -0.805. The Hall–Kier alpha value is -6.09. The number of aliphatic hydroxyl groups is 1. The number of nitrogens with one attached hydrogen (secondary N) is 3. The lowest BCUT2D eigenvalue weighted by Gasteiger charge is -2.28. The summed E-state index contributed by atoms with van der Waals surface area (Å²) in [5.41, 5.74) is 20.6. The van der Waals surface area contributed by atoms with Gasteiger partial charge in [0.2, 0.25) is 11.8 Å². The number of likely N-dealkylation sites (tertiary alicyclic amines) is 1. The van der Waals surface area contributed by atoms with E-state index in [0.29, 0.717) is 107 Å². The van der Waals surface area contributed by atoms with Crippen LogP contribution in [0.25, 0.3) is 21.7 Å². The fourth-order valence-corrected chi connectivity index (χ4v) is 8.73. The molecule has 0 radical (unpaired) electrons. The molecule has 0 bridgehead atoms. The molecule has 7 rings (SSSR count). The molecule has 0 spiro atoms. The number of aromatic nitrogens is 4. The monoisotopic (exact) mass is 939 g/mol. The van der Waals surface area contributed by atoms with Gasteiger partial charge in [0.1, 0.15) is 29.3 Å². The highest BCUT2D eigenvalue weighted by molar-refractivity contribution is 7.13. The molecule has 67 heavy (non-hydrogen) atoms. The third kappa shape index (κ3) is 13.3. The second-order valence-electron chi connectivity index (χ2n) is 16.7. The number of carbonyl (C=O) groups excluding carboxylic acids is 2. The van der Waals surface area contributed by atoms with Gasteiger partial charge in [0, 0.05) is 55.1 Å². The number of amides is 2. The molecule has 19 heteroatoms. The van der Waals surface area contributed by atoms with Crippen LogP contribution in [-0.4, -0.2) is 118 Å². The highest BCUT2D eigenvalue weighted by atomic mass is 32.1. The number of carbonyl (C=O) groups is 2. The van der Waals surface area contributed by atoms with Crippen molar-refractivity contribution in [3.05, 3.63) is 118 Å². The second kappa shape index (κ2) is 24.1. The molecule has 2 aliphatic rings. The fourth-order valence-electron chi connectivity index (χ4n) is 7.92. The maximum Gasteiger partial charge on any atom is 0.243 e. The average molecular weight is 940 g/mol. The van der Waals surface area contributed by atoms with E-state index < -0.39 is 18.1 Å². The first-order valence-electron chi connectivity index (χ1n) is 22.6. The van der Waals surface area contributed by atoms with Gasteiger partial charge in [-0.1, -0.05) is 55.4 Å². The molecule has 2 aliphatic heterocycles. The van der Waals surface area contributed by atoms with Gasteiger partial charge in [0.05, 0.1) is 92.6 Å². The van der Waals surface area contributed by atoms with E-state index >= 15 is 0 Å². The zero-order chi connectivity index (χ0) is 47.1. The SMILES string of the molecule is Cc1ncsc1-c1ccc(CNC(=O)[C@@H]2C[C@@H](O)CN2C(=O)[C@H](c2cc(CCCOCCOCCOCCOCCn3cc(C4=C(N)NNC(c5ccccc5O)=C4)cn3)no2)C(C)C)cc1. The highest BCUT2D eigenvalue weighted by Gasteiger charge is 2.43. The van der Waals surface area contributed by atoms with E-state index in [2.05, 4.69) is 31.4 Å². The van der Waals surface area contributed by atoms with E-state index in [1.54, 1.807) is 34.3 Å². The van der Waals surface area contributed by atoms with Crippen molar-refractivity contribution in [2.24, 2.45) is 11.7 Å². The van der Waals surface area contributed by atoms with E-state index in [0.717, 1.165) is 32.8 Å². The topological polar surface area (TPSA) is 234 Å². The number of hydrogen-bond donors (Lipinski definition) is 6. The molecule has 5 aromatic rings. The van der Waals surface area contributed by atoms with Gasteiger partial charge in [-0.25, -0.2) is 4.98 Å². The minimum Gasteiger partial charge on any atom is -0.507 e. The molecular weight excluding hydrogens is 879 g/mol. The molecule has 1 fully saturated rings.